The van der Waals surface area contributed by atoms with E-state index in [2.05, 4.69) is 10.5 Å². The molecular weight excluding hydrogens is 334 g/mol. The van der Waals surface area contributed by atoms with Crippen LogP contribution in [0, 0.1) is 0 Å². The molecular formula is C19H17N3O4. The highest BCUT2D eigenvalue weighted by atomic mass is 16.5. The highest BCUT2D eigenvalue weighted by Crippen LogP contribution is 2.22. The molecule has 0 radical (unpaired) electrons. The SMILES string of the molecule is O=C(NCc1ccc(N2CCCC2=O)cc1)c1cc(-c2ccco2)on1. The summed E-state index contributed by atoms with van der Waals surface area (Å²) < 4.78 is 10.3. The second kappa shape index (κ2) is 6.87. The zero-order chi connectivity index (χ0) is 17.9. The molecule has 7 heteroatoms. The lowest BCUT2D eigenvalue weighted by Crippen LogP contribution is -2.24. The van der Waals surface area contributed by atoms with Gasteiger partial charge in [0, 0.05) is 31.3 Å². The predicted molar refractivity (Wildman–Crippen MR) is 93.4 cm³/mol. The number of nitrogens with zero attached hydrogens (tertiary/aromatic N) is 2. The van der Waals surface area contributed by atoms with E-state index in [1.807, 2.05) is 24.3 Å². The van der Waals surface area contributed by atoms with Gasteiger partial charge in [-0.2, -0.15) is 0 Å². The predicted octanol–water partition coefficient (Wildman–Crippen LogP) is 2.99. The van der Waals surface area contributed by atoms with E-state index < -0.39 is 0 Å². The van der Waals surface area contributed by atoms with Crippen molar-refractivity contribution in [3.8, 4) is 11.5 Å². The monoisotopic (exact) mass is 351 g/mol. The number of hydrogen-bond acceptors (Lipinski definition) is 5. The lowest BCUT2D eigenvalue weighted by atomic mass is 10.2. The zero-order valence-corrected chi connectivity index (χ0v) is 14.0. The fraction of sp³-hybridized carbons (Fsp3) is 0.211. The van der Waals surface area contributed by atoms with E-state index in [1.165, 1.54) is 12.3 Å². The number of anilines is 1. The molecule has 0 unspecified atom stereocenters. The molecule has 0 saturated carbocycles. The number of carbonyl (C=O) groups is 2. The Morgan fingerprint density at radius 3 is 2.73 bits per heavy atom. The van der Waals surface area contributed by atoms with E-state index in [4.69, 9.17) is 8.94 Å². The maximum atomic E-state index is 12.2. The van der Waals surface area contributed by atoms with E-state index in [-0.39, 0.29) is 17.5 Å². The van der Waals surface area contributed by atoms with Crippen molar-refractivity contribution in [2.45, 2.75) is 19.4 Å². The van der Waals surface area contributed by atoms with Gasteiger partial charge in [-0.15, -0.1) is 0 Å². The summed E-state index contributed by atoms with van der Waals surface area (Å²) in [6, 6.07) is 12.6. The minimum absolute atomic E-state index is 0.157. The third-order valence-electron chi connectivity index (χ3n) is 4.28. The van der Waals surface area contributed by atoms with Gasteiger partial charge in [-0.25, -0.2) is 0 Å². The molecule has 0 bridgehead atoms. The molecule has 0 aliphatic carbocycles. The van der Waals surface area contributed by atoms with E-state index >= 15 is 0 Å². The number of benzene rings is 1. The normalized spacial score (nSPS) is 14.0. The van der Waals surface area contributed by atoms with E-state index in [0.717, 1.165) is 24.2 Å². The van der Waals surface area contributed by atoms with Crippen LogP contribution in [-0.2, 0) is 11.3 Å². The van der Waals surface area contributed by atoms with Crippen molar-refractivity contribution in [3.63, 3.8) is 0 Å². The van der Waals surface area contributed by atoms with Crippen LogP contribution in [0.2, 0.25) is 0 Å². The van der Waals surface area contributed by atoms with Crippen molar-refractivity contribution in [1.82, 2.24) is 10.5 Å². The average Bonchev–Trinajstić information content (AvgIpc) is 3.40. The third kappa shape index (κ3) is 3.23. The maximum Gasteiger partial charge on any atom is 0.273 e. The number of rotatable bonds is 5. The first-order valence-electron chi connectivity index (χ1n) is 8.39. The highest BCUT2D eigenvalue weighted by Gasteiger charge is 2.21. The molecule has 2 aromatic heterocycles. The van der Waals surface area contributed by atoms with E-state index in [1.54, 1.807) is 17.0 Å². The van der Waals surface area contributed by atoms with Gasteiger partial charge in [0.1, 0.15) is 0 Å². The molecule has 1 N–H and O–H groups in total. The standard InChI is InChI=1S/C19H17N3O4/c23-18-4-1-9-22(18)14-7-5-13(6-8-14)12-20-19(24)15-11-17(26-21-15)16-3-2-10-25-16/h2-3,5-8,10-11H,1,4,9,12H2,(H,20,24). The van der Waals surface area contributed by atoms with E-state index in [0.29, 0.717) is 24.5 Å². The molecule has 4 rings (SSSR count). The van der Waals surface area contributed by atoms with Crippen molar-refractivity contribution in [1.29, 1.82) is 0 Å². The molecule has 0 atom stereocenters. The van der Waals surface area contributed by atoms with Gasteiger partial charge in [0.05, 0.1) is 6.26 Å². The van der Waals surface area contributed by atoms with Gasteiger partial charge < -0.3 is 19.2 Å². The van der Waals surface area contributed by atoms with Crippen molar-refractivity contribution in [2.75, 3.05) is 11.4 Å². The van der Waals surface area contributed by atoms with Crippen LogP contribution in [-0.4, -0.2) is 23.5 Å². The second-order valence-electron chi connectivity index (χ2n) is 6.05. The number of amides is 2. The maximum absolute atomic E-state index is 12.2. The molecule has 7 nitrogen and oxygen atoms in total. The number of aromatic nitrogens is 1. The third-order valence-corrected chi connectivity index (χ3v) is 4.28. The Bertz CT molecular complexity index is 913. The van der Waals surface area contributed by atoms with Crippen LogP contribution in [0.3, 0.4) is 0 Å². The Morgan fingerprint density at radius 2 is 2.04 bits per heavy atom. The summed E-state index contributed by atoms with van der Waals surface area (Å²) in [7, 11) is 0. The van der Waals surface area contributed by atoms with Gasteiger partial charge in [0.25, 0.3) is 5.91 Å². The molecule has 1 aliphatic heterocycles. The van der Waals surface area contributed by atoms with E-state index in [9.17, 15) is 9.59 Å². The van der Waals surface area contributed by atoms with Crippen LogP contribution in [0.5, 0.6) is 0 Å². The quantitative estimate of drug-likeness (QED) is 0.763. The van der Waals surface area contributed by atoms with Crippen LogP contribution in [0.4, 0.5) is 5.69 Å². The first kappa shape index (κ1) is 16.1. The molecule has 1 fully saturated rings. The molecule has 0 spiro atoms. The van der Waals surface area contributed by atoms with Crippen LogP contribution >= 0.6 is 0 Å². The molecule has 132 valence electrons. The number of carbonyl (C=O) groups excluding carboxylic acids is 2. The Kier molecular flexibility index (Phi) is 4.27. The molecule has 1 saturated heterocycles. The Hall–Kier alpha value is -3.35. The smallest absolute Gasteiger partial charge is 0.273 e. The van der Waals surface area contributed by atoms with Crippen LogP contribution in [0.15, 0.2) is 57.7 Å². The minimum atomic E-state index is -0.328. The summed E-state index contributed by atoms with van der Waals surface area (Å²) in [6.45, 7) is 1.12. The minimum Gasteiger partial charge on any atom is -0.461 e. The summed E-state index contributed by atoms with van der Waals surface area (Å²) in [6.07, 6.45) is 3.03. The van der Waals surface area contributed by atoms with Crippen LogP contribution in [0.25, 0.3) is 11.5 Å². The zero-order valence-electron chi connectivity index (χ0n) is 14.0. The summed E-state index contributed by atoms with van der Waals surface area (Å²) in [5.74, 6) is 0.748. The van der Waals surface area contributed by atoms with Gasteiger partial charge in [-0.3, -0.25) is 9.59 Å². The lowest BCUT2D eigenvalue weighted by Gasteiger charge is -2.16. The molecule has 1 aromatic carbocycles. The molecule has 3 aromatic rings. The fourth-order valence-corrected chi connectivity index (χ4v) is 2.90. The van der Waals surface area contributed by atoms with Gasteiger partial charge in [-0.05, 0) is 36.2 Å². The Labute approximate surface area is 149 Å². The first-order chi connectivity index (χ1) is 12.7. The topological polar surface area (TPSA) is 88.6 Å². The van der Waals surface area contributed by atoms with Crippen molar-refractivity contribution in [2.24, 2.45) is 0 Å². The number of hydrogen-bond donors (Lipinski definition) is 1. The summed E-state index contributed by atoms with van der Waals surface area (Å²) in [4.78, 5) is 25.8. The summed E-state index contributed by atoms with van der Waals surface area (Å²) >= 11 is 0. The van der Waals surface area contributed by atoms with Crippen molar-refractivity contribution >= 4 is 17.5 Å². The fourth-order valence-electron chi connectivity index (χ4n) is 2.90. The Balaban J connectivity index is 1.36. The van der Waals surface area contributed by atoms with Crippen molar-refractivity contribution in [3.05, 3.63) is 60.0 Å². The molecule has 26 heavy (non-hydrogen) atoms. The van der Waals surface area contributed by atoms with Crippen LogP contribution in [0.1, 0.15) is 28.9 Å². The first-order valence-corrected chi connectivity index (χ1v) is 8.39. The van der Waals surface area contributed by atoms with Gasteiger partial charge in [0.2, 0.25) is 11.7 Å². The molecule has 2 amide bonds. The molecule has 1 aliphatic rings. The Morgan fingerprint density at radius 1 is 1.19 bits per heavy atom. The summed E-state index contributed by atoms with van der Waals surface area (Å²) in [5.41, 5.74) is 2.02. The van der Waals surface area contributed by atoms with Gasteiger partial charge >= 0.3 is 0 Å². The van der Waals surface area contributed by atoms with Gasteiger partial charge in [0.15, 0.2) is 11.5 Å². The van der Waals surface area contributed by atoms with Gasteiger partial charge in [-0.1, -0.05) is 17.3 Å². The largest absolute Gasteiger partial charge is 0.461 e. The highest BCUT2D eigenvalue weighted by molar-refractivity contribution is 5.95. The number of nitrogens with one attached hydrogen (secondary N) is 1. The summed E-state index contributed by atoms with van der Waals surface area (Å²) in [5, 5.41) is 6.57. The molecule has 3 heterocycles. The lowest BCUT2D eigenvalue weighted by molar-refractivity contribution is -0.117. The number of furan rings is 1. The average molecular weight is 351 g/mol. The second-order valence-corrected chi connectivity index (χ2v) is 6.05. The van der Waals surface area contributed by atoms with Crippen molar-refractivity contribution < 1.29 is 18.5 Å². The van der Waals surface area contributed by atoms with Crippen LogP contribution < -0.4 is 10.2 Å².